The van der Waals surface area contributed by atoms with Crippen molar-refractivity contribution in [2.75, 3.05) is 38.2 Å². The Labute approximate surface area is 119 Å². The molecular weight excluding hydrogens is 289 g/mol. The van der Waals surface area contributed by atoms with Crippen LogP contribution < -0.4 is 10.1 Å². The molecule has 1 aromatic rings. The van der Waals surface area contributed by atoms with Crippen LogP contribution >= 0.6 is 0 Å². The van der Waals surface area contributed by atoms with Crippen molar-refractivity contribution < 1.29 is 27.4 Å². The van der Waals surface area contributed by atoms with Crippen LogP contribution in [0.4, 0.5) is 18.9 Å². The minimum absolute atomic E-state index is 0.0990. The molecule has 0 unspecified atom stereocenters. The first-order chi connectivity index (χ1) is 9.96. The number of benzene rings is 1. The topological polar surface area (TPSA) is 50.8 Å². The van der Waals surface area contributed by atoms with Gasteiger partial charge in [-0.25, -0.2) is 0 Å². The molecule has 1 fully saturated rings. The highest BCUT2D eigenvalue weighted by Crippen LogP contribution is 2.29. The third-order valence-corrected chi connectivity index (χ3v) is 2.91. The standard InChI is InChI=1S/C13H15F3N2O3/c14-13(15,16)21-11-4-2-1-3-10(11)17-9-12(19)18-5-7-20-8-6-18/h1-4,17H,5-9H2. The first-order valence-electron chi connectivity index (χ1n) is 6.40. The molecule has 0 saturated carbocycles. The smallest absolute Gasteiger partial charge is 0.404 e. The first-order valence-corrected chi connectivity index (χ1v) is 6.40. The van der Waals surface area contributed by atoms with Crippen LogP contribution in [0.1, 0.15) is 0 Å². The molecule has 1 aliphatic heterocycles. The normalized spacial score (nSPS) is 15.7. The largest absolute Gasteiger partial charge is 0.573 e. The number of hydrogen-bond donors (Lipinski definition) is 1. The Kier molecular flexibility index (Phi) is 4.89. The van der Waals surface area contributed by atoms with Crippen molar-refractivity contribution in [3.63, 3.8) is 0 Å². The van der Waals surface area contributed by atoms with Crippen molar-refractivity contribution in [2.45, 2.75) is 6.36 Å². The second-order valence-corrected chi connectivity index (χ2v) is 4.39. The number of hydrogen-bond acceptors (Lipinski definition) is 4. The van der Waals surface area contributed by atoms with Gasteiger partial charge in [0.2, 0.25) is 5.91 Å². The molecule has 0 spiro atoms. The molecule has 0 bridgehead atoms. The molecule has 0 atom stereocenters. The lowest BCUT2D eigenvalue weighted by Crippen LogP contribution is -2.43. The highest BCUT2D eigenvalue weighted by Gasteiger charge is 2.32. The Morgan fingerprint density at radius 1 is 1.29 bits per heavy atom. The lowest BCUT2D eigenvalue weighted by molar-refractivity contribution is -0.274. The zero-order valence-electron chi connectivity index (χ0n) is 11.2. The van der Waals surface area contributed by atoms with E-state index in [1.807, 2.05) is 0 Å². The minimum atomic E-state index is -4.77. The maximum absolute atomic E-state index is 12.3. The Bertz CT molecular complexity index is 488. The molecule has 0 radical (unpaired) electrons. The van der Waals surface area contributed by atoms with Crippen LogP contribution in [0, 0.1) is 0 Å². The van der Waals surface area contributed by atoms with E-state index in [9.17, 15) is 18.0 Å². The number of carbonyl (C=O) groups excluding carboxylic acids is 1. The molecule has 1 heterocycles. The average Bonchev–Trinajstić information content (AvgIpc) is 2.45. The van der Waals surface area contributed by atoms with Crippen LogP contribution in [0.15, 0.2) is 24.3 Å². The van der Waals surface area contributed by atoms with Gasteiger partial charge in [-0.3, -0.25) is 4.79 Å². The zero-order valence-corrected chi connectivity index (χ0v) is 11.2. The van der Waals surface area contributed by atoms with Gasteiger partial charge in [-0.05, 0) is 12.1 Å². The van der Waals surface area contributed by atoms with E-state index in [-0.39, 0.29) is 23.9 Å². The van der Waals surface area contributed by atoms with Gasteiger partial charge in [-0.2, -0.15) is 0 Å². The number of morpholine rings is 1. The molecule has 1 N–H and O–H groups in total. The molecule has 21 heavy (non-hydrogen) atoms. The maximum Gasteiger partial charge on any atom is 0.573 e. The highest BCUT2D eigenvalue weighted by molar-refractivity contribution is 5.81. The number of halogens is 3. The van der Waals surface area contributed by atoms with Crippen LogP contribution in [-0.4, -0.2) is 50.0 Å². The van der Waals surface area contributed by atoms with Gasteiger partial charge < -0.3 is 19.7 Å². The van der Waals surface area contributed by atoms with Crippen LogP contribution in [0.25, 0.3) is 0 Å². The highest BCUT2D eigenvalue weighted by atomic mass is 19.4. The maximum atomic E-state index is 12.3. The van der Waals surface area contributed by atoms with E-state index in [1.54, 1.807) is 11.0 Å². The predicted octanol–water partition coefficient (Wildman–Crippen LogP) is 1.86. The third-order valence-electron chi connectivity index (χ3n) is 2.91. The number of ether oxygens (including phenoxy) is 2. The number of nitrogens with zero attached hydrogens (tertiary/aromatic N) is 1. The second kappa shape index (κ2) is 6.66. The second-order valence-electron chi connectivity index (χ2n) is 4.39. The number of rotatable bonds is 4. The van der Waals surface area contributed by atoms with Gasteiger partial charge in [0.05, 0.1) is 25.4 Å². The van der Waals surface area contributed by atoms with Crippen molar-refractivity contribution in [1.29, 1.82) is 0 Å². The van der Waals surface area contributed by atoms with Crippen molar-refractivity contribution in [1.82, 2.24) is 4.90 Å². The fourth-order valence-corrected chi connectivity index (χ4v) is 1.92. The summed E-state index contributed by atoms with van der Waals surface area (Å²) in [6, 6.07) is 5.60. The molecule has 5 nitrogen and oxygen atoms in total. The molecule has 0 aromatic heterocycles. The summed E-state index contributed by atoms with van der Waals surface area (Å²) in [7, 11) is 0. The average molecular weight is 304 g/mol. The van der Waals surface area contributed by atoms with Crippen LogP contribution in [-0.2, 0) is 9.53 Å². The molecule has 1 aliphatic rings. The number of anilines is 1. The molecule has 8 heteroatoms. The zero-order chi connectivity index (χ0) is 15.3. The number of para-hydroxylation sites is 2. The lowest BCUT2D eigenvalue weighted by Gasteiger charge is -2.27. The van der Waals surface area contributed by atoms with E-state index in [0.29, 0.717) is 26.3 Å². The van der Waals surface area contributed by atoms with Crippen LogP contribution in [0.5, 0.6) is 5.75 Å². The van der Waals surface area contributed by atoms with Gasteiger partial charge in [-0.1, -0.05) is 12.1 Å². The molecule has 1 saturated heterocycles. The monoisotopic (exact) mass is 304 g/mol. The molecule has 1 amide bonds. The quantitative estimate of drug-likeness (QED) is 0.922. The third kappa shape index (κ3) is 4.82. The summed E-state index contributed by atoms with van der Waals surface area (Å²) >= 11 is 0. The van der Waals surface area contributed by atoms with Gasteiger partial charge in [0.15, 0.2) is 5.75 Å². The van der Waals surface area contributed by atoms with Gasteiger partial charge in [0, 0.05) is 13.1 Å². The molecule has 0 aliphatic carbocycles. The minimum Gasteiger partial charge on any atom is -0.404 e. The summed E-state index contributed by atoms with van der Waals surface area (Å²) in [5, 5.41) is 2.68. The summed E-state index contributed by atoms with van der Waals surface area (Å²) in [4.78, 5) is 13.5. The van der Waals surface area contributed by atoms with E-state index in [0.717, 1.165) is 0 Å². The Hall–Kier alpha value is -1.96. The van der Waals surface area contributed by atoms with Gasteiger partial charge >= 0.3 is 6.36 Å². The fraction of sp³-hybridized carbons (Fsp3) is 0.462. The SMILES string of the molecule is O=C(CNc1ccccc1OC(F)(F)F)N1CCOCC1. The summed E-state index contributed by atoms with van der Waals surface area (Å²) in [6.07, 6.45) is -4.77. The fourth-order valence-electron chi connectivity index (χ4n) is 1.92. The Balaban J connectivity index is 1.94. The van der Waals surface area contributed by atoms with E-state index in [4.69, 9.17) is 4.74 Å². The Morgan fingerprint density at radius 3 is 2.62 bits per heavy atom. The van der Waals surface area contributed by atoms with E-state index in [2.05, 4.69) is 10.1 Å². The first kappa shape index (κ1) is 15.4. The number of nitrogens with one attached hydrogen (secondary N) is 1. The number of amides is 1. The van der Waals surface area contributed by atoms with Crippen molar-refractivity contribution in [3.05, 3.63) is 24.3 Å². The van der Waals surface area contributed by atoms with Crippen LogP contribution in [0.3, 0.4) is 0 Å². The molecule has 116 valence electrons. The van der Waals surface area contributed by atoms with Crippen molar-refractivity contribution in [2.24, 2.45) is 0 Å². The predicted molar refractivity (Wildman–Crippen MR) is 69.0 cm³/mol. The van der Waals surface area contributed by atoms with E-state index in [1.165, 1.54) is 18.2 Å². The summed E-state index contributed by atoms with van der Waals surface area (Å²) < 4.78 is 45.8. The summed E-state index contributed by atoms with van der Waals surface area (Å²) in [6.45, 7) is 1.82. The van der Waals surface area contributed by atoms with E-state index >= 15 is 0 Å². The van der Waals surface area contributed by atoms with Gasteiger partial charge in [-0.15, -0.1) is 13.2 Å². The molecule has 1 aromatic carbocycles. The number of carbonyl (C=O) groups is 1. The molecule has 2 rings (SSSR count). The van der Waals surface area contributed by atoms with Crippen molar-refractivity contribution >= 4 is 11.6 Å². The summed E-state index contributed by atoms with van der Waals surface area (Å²) in [5.41, 5.74) is 0.122. The van der Waals surface area contributed by atoms with E-state index < -0.39 is 6.36 Å². The number of alkyl halides is 3. The van der Waals surface area contributed by atoms with Gasteiger partial charge in [0.1, 0.15) is 0 Å². The lowest BCUT2D eigenvalue weighted by atomic mass is 10.3. The van der Waals surface area contributed by atoms with Gasteiger partial charge in [0.25, 0.3) is 0 Å². The van der Waals surface area contributed by atoms with Crippen molar-refractivity contribution in [3.8, 4) is 5.75 Å². The summed E-state index contributed by atoms with van der Waals surface area (Å²) in [5.74, 6) is -0.556. The Morgan fingerprint density at radius 2 is 1.95 bits per heavy atom. The molecular formula is C13H15F3N2O3. The van der Waals surface area contributed by atoms with Crippen LogP contribution in [0.2, 0.25) is 0 Å².